The average Bonchev–Trinajstić information content (AvgIpc) is 2.61. The van der Waals surface area contributed by atoms with E-state index in [2.05, 4.69) is 77.9 Å². The average molecular weight is 337 g/mol. The molecule has 4 heteroatoms. The van der Waals surface area contributed by atoms with Crippen LogP contribution in [0.5, 0.6) is 0 Å². The van der Waals surface area contributed by atoms with Crippen molar-refractivity contribution in [3.8, 4) is 11.1 Å². The van der Waals surface area contributed by atoms with Gasteiger partial charge in [-0.05, 0) is 54.0 Å². The Morgan fingerprint density at radius 3 is 2.46 bits per heavy atom. The fraction of sp³-hybridized carbons (Fsp3) is 0.300. The molecule has 0 bridgehead atoms. The molecule has 3 aromatic rings. The summed E-state index contributed by atoms with van der Waals surface area (Å²) in [5.74, 6) is 1.60. The van der Waals surface area contributed by atoms with Gasteiger partial charge in [0.2, 0.25) is 0 Å². The van der Waals surface area contributed by atoms with E-state index in [0.717, 1.165) is 29.7 Å². The van der Waals surface area contributed by atoms with E-state index in [1.807, 2.05) is 0 Å². The van der Waals surface area contributed by atoms with Gasteiger partial charge >= 0.3 is 0 Å². The Labute approximate surface area is 147 Å². The van der Waals surface area contributed by atoms with Crippen LogP contribution in [0.3, 0.4) is 0 Å². The molecular weight excluding hydrogens is 314 g/mol. The van der Waals surface area contributed by atoms with E-state index in [0.29, 0.717) is 5.92 Å². The second-order valence-corrected chi connectivity index (χ2v) is 7.17. The maximum absolute atomic E-state index is 4.44. The molecule has 1 aromatic heterocycles. The molecule has 0 amide bonds. The van der Waals surface area contributed by atoms with E-state index in [9.17, 15) is 0 Å². The van der Waals surface area contributed by atoms with Crippen molar-refractivity contribution in [2.24, 2.45) is 5.92 Å². The highest BCUT2D eigenvalue weighted by Gasteiger charge is 2.06. The zero-order chi connectivity index (χ0) is 16.9. The first-order chi connectivity index (χ1) is 11.7. The Morgan fingerprint density at radius 1 is 1.00 bits per heavy atom. The molecular formula is C20H23N3S. The van der Waals surface area contributed by atoms with Crippen LogP contribution < -0.4 is 5.32 Å². The normalized spacial score (nSPS) is 11.2. The predicted molar refractivity (Wildman–Crippen MR) is 105 cm³/mol. The van der Waals surface area contributed by atoms with Gasteiger partial charge in [-0.3, -0.25) is 0 Å². The van der Waals surface area contributed by atoms with Gasteiger partial charge in [0.15, 0.2) is 0 Å². The molecule has 0 radical (unpaired) electrons. The molecule has 0 atom stereocenters. The molecule has 3 nitrogen and oxygen atoms in total. The van der Waals surface area contributed by atoms with E-state index >= 15 is 0 Å². The van der Waals surface area contributed by atoms with E-state index < -0.39 is 0 Å². The molecule has 0 saturated heterocycles. The van der Waals surface area contributed by atoms with Gasteiger partial charge in [-0.2, -0.15) is 0 Å². The maximum atomic E-state index is 4.44. The van der Waals surface area contributed by atoms with Crippen molar-refractivity contribution in [2.45, 2.75) is 25.2 Å². The SMILES string of the molecule is CSc1ccc(-c2ccc3ncnc(NCCC(C)C)c3c2)cc1. The quantitative estimate of drug-likeness (QED) is 0.605. The van der Waals surface area contributed by atoms with Crippen molar-refractivity contribution in [1.29, 1.82) is 0 Å². The van der Waals surface area contributed by atoms with E-state index in [1.54, 1.807) is 18.1 Å². The second kappa shape index (κ2) is 7.67. The van der Waals surface area contributed by atoms with Crippen LogP contribution in [-0.4, -0.2) is 22.8 Å². The first-order valence-electron chi connectivity index (χ1n) is 8.30. The van der Waals surface area contributed by atoms with Gasteiger partial charge in [0.25, 0.3) is 0 Å². The highest BCUT2D eigenvalue weighted by Crippen LogP contribution is 2.28. The Bertz CT molecular complexity index is 813. The third-order valence-electron chi connectivity index (χ3n) is 4.07. The largest absolute Gasteiger partial charge is 0.369 e. The van der Waals surface area contributed by atoms with Gasteiger partial charge in [0.1, 0.15) is 12.1 Å². The van der Waals surface area contributed by atoms with Crippen molar-refractivity contribution >= 4 is 28.5 Å². The van der Waals surface area contributed by atoms with Crippen LogP contribution in [0.2, 0.25) is 0 Å². The molecule has 1 N–H and O–H groups in total. The van der Waals surface area contributed by atoms with Crippen molar-refractivity contribution in [1.82, 2.24) is 9.97 Å². The van der Waals surface area contributed by atoms with Crippen LogP contribution in [0.1, 0.15) is 20.3 Å². The zero-order valence-corrected chi connectivity index (χ0v) is 15.2. The van der Waals surface area contributed by atoms with E-state index in [1.165, 1.54) is 16.0 Å². The minimum Gasteiger partial charge on any atom is -0.369 e. The Balaban J connectivity index is 1.93. The lowest BCUT2D eigenvalue weighted by Crippen LogP contribution is -2.06. The van der Waals surface area contributed by atoms with Crippen molar-refractivity contribution in [2.75, 3.05) is 18.1 Å². The lowest BCUT2D eigenvalue weighted by atomic mass is 10.0. The minimum absolute atomic E-state index is 0.677. The van der Waals surface area contributed by atoms with E-state index in [4.69, 9.17) is 0 Å². The maximum Gasteiger partial charge on any atom is 0.137 e. The molecule has 3 rings (SSSR count). The van der Waals surface area contributed by atoms with Gasteiger partial charge in [0.05, 0.1) is 5.52 Å². The third-order valence-corrected chi connectivity index (χ3v) is 4.82. The number of rotatable bonds is 6. The molecule has 0 fully saturated rings. The molecule has 0 aliphatic carbocycles. The van der Waals surface area contributed by atoms with Crippen LogP contribution in [0, 0.1) is 5.92 Å². The Morgan fingerprint density at radius 2 is 1.75 bits per heavy atom. The number of hydrogen-bond acceptors (Lipinski definition) is 4. The number of benzene rings is 2. The van der Waals surface area contributed by atoms with Crippen LogP contribution >= 0.6 is 11.8 Å². The molecule has 24 heavy (non-hydrogen) atoms. The minimum atomic E-state index is 0.677. The summed E-state index contributed by atoms with van der Waals surface area (Å²) in [6.07, 6.45) is 4.85. The molecule has 2 aromatic carbocycles. The lowest BCUT2D eigenvalue weighted by molar-refractivity contribution is 0.607. The van der Waals surface area contributed by atoms with Crippen LogP contribution in [-0.2, 0) is 0 Å². The number of hydrogen-bond donors (Lipinski definition) is 1. The van der Waals surface area contributed by atoms with Crippen molar-refractivity contribution < 1.29 is 0 Å². The van der Waals surface area contributed by atoms with Crippen molar-refractivity contribution in [3.05, 3.63) is 48.8 Å². The summed E-state index contributed by atoms with van der Waals surface area (Å²) in [6, 6.07) is 15.0. The Hall–Kier alpha value is -2.07. The first-order valence-corrected chi connectivity index (χ1v) is 9.53. The predicted octanol–water partition coefficient (Wildman–Crippen LogP) is 5.48. The fourth-order valence-electron chi connectivity index (χ4n) is 2.64. The molecule has 0 spiro atoms. The monoisotopic (exact) mass is 337 g/mol. The highest BCUT2D eigenvalue weighted by atomic mass is 32.2. The molecule has 0 saturated carbocycles. The first kappa shape index (κ1) is 16.8. The van der Waals surface area contributed by atoms with Gasteiger partial charge in [-0.15, -0.1) is 11.8 Å². The highest BCUT2D eigenvalue weighted by molar-refractivity contribution is 7.98. The van der Waals surface area contributed by atoms with Gasteiger partial charge in [-0.25, -0.2) is 9.97 Å². The third kappa shape index (κ3) is 3.88. The Kier molecular flexibility index (Phi) is 5.36. The molecule has 0 aliphatic rings. The smallest absolute Gasteiger partial charge is 0.137 e. The van der Waals surface area contributed by atoms with E-state index in [-0.39, 0.29) is 0 Å². The summed E-state index contributed by atoms with van der Waals surface area (Å²) < 4.78 is 0. The number of fused-ring (bicyclic) bond motifs is 1. The number of thioether (sulfide) groups is 1. The van der Waals surface area contributed by atoms with Crippen LogP contribution in [0.15, 0.2) is 53.7 Å². The lowest BCUT2D eigenvalue weighted by Gasteiger charge is -2.11. The second-order valence-electron chi connectivity index (χ2n) is 6.29. The number of nitrogens with one attached hydrogen (secondary N) is 1. The van der Waals surface area contributed by atoms with Gasteiger partial charge in [0, 0.05) is 16.8 Å². The summed E-state index contributed by atoms with van der Waals surface area (Å²) >= 11 is 1.76. The van der Waals surface area contributed by atoms with Crippen molar-refractivity contribution in [3.63, 3.8) is 0 Å². The molecule has 0 aliphatic heterocycles. The number of aromatic nitrogens is 2. The number of nitrogens with zero attached hydrogens (tertiary/aromatic N) is 2. The summed E-state index contributed by atoms with van der Waals surface area (Å²) in [6.45, 7) is 5.39. The fourth-order valence-corrected chi connectivity index (χ4v) is 3.05. The van der Waals surface area contributed by atoms with Crippen LogP contribution in [0.25, 0.3) is 22.0 Å². The topological polar surface area (TPSA) is 37.8 Å². The zero-order valence-electron chi connectivity index (χ0n) is 14.4. The van der Waals surface area contributed by atoms with Crippen LogP contribution in [0.4, 0.5) is 5.82 Å². The standard InChI is InChI=1S/C20H23N3S/c1-14(2)10-11-21-20-18-12-16(6-9-19(18)22-13-23-20)15-4-7-17(24-3)8-5-15/h4-9,12-14H,10-11H2,1-3H3,(H,21,22,23). The van der Waals surface area contributed by atoms with Gasteiger partial charge < -0.3 is 5.32 Å². The molecule has 1 heterocycles. The summed E-state index contributed by atoms with van der Waals surface area (Å²) in [4.78, 5) is 10.1. The molecule has 124 valence electrons. The number of anilines is 1. The molecule has 0 unspecified atom stereocenters. The summed E-state index contributed by atoms with van der Waals surface area (Å²) in [5, 5.41) is 4.54. The van der Waals surface area contributed by atoms with Gasteiger partial charge in [-0.1, -0.05) is 32.0 Å². The summed E-state index contributed by atoms with van der Waals surface area (Å²) in [5.41, 5.74) is 3.38. The summed E-state index contributed by atoms with van der Waals surface area (Å²) in [7, 11) is 0.